The maximum Gasteiger partial charge on any atom is 0.411 e. The smallest absolute Gasteiger partial charge is 0.411 e. The van der Waals surface area contributed by atoms with Gasteiger partial charge in [-0.25, -0.2) is 9.59 Å². The van der Waals surface area contributed by atoms with Crippen molar-refractivity contribution in [2.45, 2.75) is 70.6 Å². The quantitative estimate of drug-likeness (QED) is 0.638. The van der Waals surface area contributed by atoms with Gasteiger partial charge in [-0.05, 0) is 45.3 Å². The third-order valence-electron chi connectivity index (χ3n) is 4.79. The highest BCUT2D eigenvalue weighted by molar-refractivity contribution is 7.99. The number of amides is 2. The van der Waals surface area contributed by atoms with Crippen LogP contribution < -0.4 is 5.32 Å². The van der Waals surface area contributed by atoms with E-state index >= 15 is 0 Å². The molecule has 160 valence electrons. The van der Waals surface area contributed by atoms with E-state index in [0.717, 1.165) is 5.75 Å². The molecular weight excluding hydrogens is 400 g/mol. The zero-order valence-electron chi connectivity index (χ0n) is 16.9. The summed E-state index contributed by atoms with van der Waals surface area (Å²) in [7, 11) is 0. The number of ether oxygens (including phenoxy) is 1. The van der Waals surface area contributed by atoms with Gasteiger partial charge in [-0.1, -0.05) is 19.3 Å². The van der Waals surface area contributed by atoms with Gasteiger partial charge in [0.05, 0.1) is 5.88 Å². The molecule has 2 atom stereocenters. The summed E-state index contributed by atoms with van der Waals surface area (Å²) in [6, 6.07) is -1.66. The molecule has 7 nitrogen and oxygen atoms in total. The number of nitrogens with one attached hydrogen (secondary N) is 1. The highest BCUT2D eigenvalue weighted by Gasteiger charge is 2.38. The van der Waals surface area contributed by atoms with Crippen molar-refractivity contribution in [2.24, 2.45) is 5.92 Å². The molecule has 0 spiro atoms. The molecule has 9 heteroatoms. The van der Waals surface area contributed by atoms with Crippen LogP contribution in [0.15, 0.2) is 0 Å². The third kappa shape index (κ3) is 7.39. The van der Waals surface area contributed by atoms with E-state index < -0.39 is 35.7 Å². The topological polar surface area (TPSA) is 95.9 Å². The number of hydrogen-bond acceptors (Lipinski definition) is 6. The summed E-state index contributed by atoms with van der Waals surface area (Å²) >= 11 is 3.05. The van der Waals surface area contributed by atoms with E-state index in [9.17, 15) is 19.5 Å². The van der Waals surface area contributed by atoms with Crippen molar-refractivity contribution in [3.8, 4) is 0 Å². The monoisotopic (exact) mass is 432 g/mol. The minimum Gasteiger partial charge on any atom is -0.480 e. The van der Waals surface area contributed by atoms with Crippen LogP contribution in [0.1, 0.15) is 52.9 Å². The van der Waals surface area contributed by atoms with Gasteiger partial charge in [-0.3, -0.25) is 9.69 Å². The average Bonchev–Trinajstić information content (AvgIpc) is 3.10. The van der Waals surface area contributed by atoms with E-state index in [1.807, 2.05) is 0 Å². The standard InChI is InChI=1S/C19H32N2O5S2/c1-19(2,3)26-18(25)21-12-28-11-15(21)16(22)20-14(17(23)24)10-27-9-13-7-5-4-6-8-13/h13-15H,4-12H2,1-3H3,(H,20,22)(H,23,24). The molecule has 1 aliphatic heterocycles. The molecule has 2 N–H and O–H groups in total. The van der Waals surface area contributed by atoms with Gasteiger partial charge >= 0.3 is 12.1 Å². The predicted octanol–water partition coefficient (Wildman–Crippen LogP) is 3.18. The highest BCUT2D eigenvalue weighted by Crippen LogP contribution is 2.27. The van der Waals surface area contributed by atoms with Gasteiger partial charge in [0.25, 0.3) is 0 Å². The number of nitrogens with zero attached hydrogens (tertiary/aromatic N) is 1. The fourth-order valence-corrected chi connectivity index (χ4v) is 5.72. The minimum absolute atomic E-state index is 0.337. The van der Waals surface area contributed by atoms with Gasteiger partial charge in [0.1, 0.15) is 17.7 Å². The molecule has 2 rings (SSSR count). The van der Waals surface area contributed by atoms with E-state index in [1.54, 1.807) is 32.5 Å². The third-order valence-corrected chi connectivity index (χ3v) is 7.08. The van der Waals surface area contributed by atoms with Crippen molar-refractivity contribution in [1.29, 1.82) is 0 Å². The summed E-state index contributed by atoms with van der Waals surface area (Å²) in [6.07, 6.45) is 5.68. The first-order valence-electron chi connectivity index (χ1n) is 9.85. The summed E-state index contributed by atoms with van der Waals surface area (Å²) in [5.41, 5.74) is -0.648. The Morgan fingerprint density at radius 2 is 1.93 bits per heavy atom. The van der Waals surface area contributed by atoms with E-state index in [-0.39, 0.29) is 0 Å². The summed E-state index contributed by atoms with van der Waals surface area (Å²) in [5.74, 6) is 1.25. The van der Waals surface area contributed by atoms with E-state index in [0.29, 0.717) is 23.3 Å². The first-order chi connectivity index (χ1) is 13.2. The van der Waals surface area contributed by atoms with E-state index in [1.165, 1.54) is 48.8 Å². The Morgan fingerprint density at radius 3 is 2.54 bits per heavy atom. The van der Waals surface area contributed by atoms with Crippen molar-refractivity contribution >= 4 is 41.5 Å². The number of carbonyl (C=O) groups is 3. The Hall–Kier alpha value is -1.09. The second kappa shape index (κ2) is 10.6. The Bertz CT molecular complexity index is 561. The predicted molar refractivity (Wildman–Crippen MR) is 113 cm³/mol. The van der Waals surface area contributed by atoms with Gasteiger partial charge < -0.3 is 15.2 Å². The molecule has 0 bridgehead atoms. The number of carbonyl (C=O) groups excluding carboxylic acids is 2. The number of rotatable bonds is 7. The summed E-state index contributed by atoms with van der Waals surface area (Å²) < 4.78 is 5.36. The lowest BCUT2D eigenvalue weighted by Crippen LogP contribution is -2.53. The van der Waals surface area contributed by atoms with Crippen LogP contribution in [0.25, 0.3) is 0 Å². The van der Waals surface area contributed by atoms with Crippen molar-refractivity contribution < 1.29 is 24.2 Å². The largest absolute Gasteiger partial charge is 0.480 e. The molecule has 0 radical (unpaired) electrons. The molecule has 2 unspecified atom stereocenters. The SMILES string of the molecule is CC(C)(C)OC(=O)N1CSCC1C(=O)NC(CSCC1CCCCC1)C(=O)O. The van der Waals surface area contributed by atoms with E-state index in [4.69, 9.17) is 4.74 Å². The second-order valence-electron chi connectivity index (χ2n) is 8.41. The Kier molecular flexibility index (Phi) is 8.80. The molecule has 28 heavy (non-hydrogen) atoms. The van der Waals surface area contributed by atoms with Crippen molar-refractivity contribution in [3.63, 3.8) is 0 Å². The van der Waals surface area contributed by atoms with E-state index in [2.05, 4.69) is 5.32 Å². The van der Waals surface area contributed by atoms with Crippen molar-refractivity contribution in [1.82, 2.24) is 10.2 Å². The zero-order chi connectivity index (χ0) is 20.7. The van der Waals surface area contributed by atoms with Crippen LogP contribution in [-0.2, 0) is 14.3 Å². The molecule has 2 amide bonds. The van der Waals surface area contributed by atoms with Crippen LogP contribution in [0.2, 0.25) is 0 Å². The molecule has 2 fully saturated rings. The number of hydrogen-bond donors (Lipinski definition) is 2. The van der Waals surface area contributed by atoms with Gasteiger partial charge in [0.2, 0.25) is 5.91 Å². The minimum atomic E-state index is -1.04. The van der Waals surface area contributed by atoms with Gasteiger partial charge in [0, 0.05) is 11.5 Å². The lowest BCUT2D eigenvalue weighted by molar-refractivity contribution is -0.141. The fraction of sp³-hybridized carbons (Fsp3) is 0.842. The molecule has 0 aromatic carbocycles. The lowest BCUT2D eigenvalue weighted by atomic mass is 9.91. The summed E-state index contributed by atoms with van der Waals surface area (Å²) in [5, 5.41) is 12.1. The second-order valence-corrected chi connectivity index (χ2v) is 10.5. The van der Waals surface area contributed by atoms with Crippen LogP contribution in [0.3, 0.4) is 0 Å². The van der Waals surface area contributed by atoms with Crippen molar-refractivity contribution in [3.05, 3.63) is 0 Å². The summed E-state index contributed by atoms with van der Waals surface area (Å²) in [6.45, 7) is 5.31. The highest BCUT2D eigenvalue weighted by atomic mass is 32.2. The molecule has 2 aliphatic rings. The van der Waals surface area contributed by atoms with Crippen LogP contribution in [0, 0.1) is 5.92 Å². The molecule has 1 saturated carbocycles. The van der Waals surface area contributed by atoms with Crippen molar-refractivity contribution in [2.75, 3.05) is 23.1 Å². The molecule has 1 saturated heterocycles. The first-order valence-corrected chi connectivity index (χ1v) is 12.2. The normalized spacial score (nSPS) is 22.0. The molecule has 1 heterocycles. The van der Waals surface area contributed by atoms with Crippen LogP contribution in [-0.4, -0.2) is 68.8 Å². The maximum absolute atomic E-state index is 12.7. The number of aliphatic carboxylic acids is 1. The molecule has 1 aliphatic carbocycles. The number of thioether (sulfide) groups is 2. The maximum atomic E-state index is 12.7. The average molecular weight is 433 g/mol. The van der Waals surface area contributed by atoms with Gasteiger partial charge in [-0.2, -0.15) is 11.8 Å². The molecular formula is C19H32N2O5S2. The van der Waals surface area contributed by atoms with Crippen LogP contribution in [0.4, 0.5) is 4.79 Å². The Labute approximate surface area is 175 Å². The van der Waals surface area contributed by atoms with Gasteiger partial charge in [-0.15, -0.1) is 11.8 Å². The number of carboxylic acids is 1. The lowest BCUT2D eigenvalue weighted by Gasteiger charge is -2.28. The fourth-order valence-electron chi connectivity index (χ4n) is 3.31. The van der Waals surface area contributed by atoms with Crippen LogP contribution in [0.5, 0.6) is 0 Å². The molecule has 0 aromatic heterocycles. The Morgan fingerprint density at radius 1 is 1.25 bits per heavy atom. The van der Waals surface area contributed by atoms with Gasteiger partial charge in [0.15, 0.2) is 0 Å². The number of carboxylic acid groups (broad SMARTS) is 1. The summed E-state index contributed by atoms with van der Waals surface area (Å²) in [4.78, 5) is 38.0. The first kappa shape index (κ1) is 23.2. The molecule has 0 aromatic rings. The zero-order valence-corrected chi connectivity index (χ0v) is 18.6. The van der Waals surface area contributed by atoms with Crippen LogP contribution >= 0.6 is 23.5 Å². The Balaban J connectivity index is 1.86.